The van der Waals surface area contributed by atoms with Gasteiger partial charge < -0.3 is 10.6 Å². The van der Waals surface area contributed by atoms with Gasteiger partial charge in [0.25, 0.3) is 0 Å². The topological polar surface area (TPSA) is 70.2 Å². The van der Waals surface area contributed by atoms with Crippen molar-refractivity contribution < 1.29 is 9.59 Å². The van der Waals surface area contributed by atoms with Crippen LogP contribution in [0.1, 0.15) is 65.6 Å². The zero-order chi connectivity index (χ0) is 22.5. The quantitative estimate of drug-likeness (QED) is 0.584. The number of hydrogen-bond donors (Lipinski definition) is 3. The van der Waals surface area contributed by atoms with E-state index in [-0.39, 0.29) is 29.3 Å². The van der Waals surface area contributed by atoms with Crippen molar-refractivity contribution >= 4 is 23.2 Å². The maximum atomic E-state index is 12.7. The first-order chi connectivity index (χ1) is 14.0. The van der Waals surface area contributed by atoms with Gasteiger partial charge in [-0.3, -0.25) is 14.9 Å². The van der Waals surface area contributed by atoms with E-state index in [1.54, 1.807) is 24.3 Å². The smallest absolute Gasteiger partial charge is 0.241 e. The van der Waals surface area contributed by atoms with Gasteiger partial charge in [-0.05, 0) is 53.6 Å². The number of nitrogens with one attached hydrogen (secondary N) is 3. The predicted octanol–water partition coefficient (Wildman–Crippen LogP) is 5.26. The fraction of sp³-hybridized carbons (Fsp3) is 0.440. The van der Waals surface area contributed by atoms with Gasteiger partial charge in [0.2, 0.25) is 11.8 Å². The highest BCUT2D eigenvalue weighted by atomic mass is 16.2. The number of benzene rings is 2. The Morgan fingerprint density at radius 3 is 1.73 bits per heavy atom. The number of carbonyl (C=O) groups is 2. The number of anilines is 2. The average molecular weight is 410 g/mol. The molecule has 2 amide bonds. The third kappa shape index (κ3) is 6.70. The molecule has 5 heteroatoms. The van der Waals surface area contributed by atoms with Crippen molar-refractivity contribution in [3.8, 4) is 0 Å². The Morgan fingerprint density at radius 2 is 1.30 bits per heavy atom. The monoisotopic (exact) mass is 409 g/mol. The fourth-order valence-electron chi connectivity index (χ4n) is 3.30. The van der Waals surface area contributed by atoms with Crippen LogP contribution in [0.3, 0.4) is 0 Å². The van der Waals surface area contributed by atoms with E-state index in [9.17, 15) is 9.59 Å². The Balaban J connectivity index is 2.04. The zero-order valence-corrected chi connectivity index (χ0v) is 19.2. The molecule has 0 fully saturated rings. The normalized spacial score (nSPS) is 13.6. The Kier molecular flexibility index (Phi) is 7.79. The van der Waals surface area contributed by atoms with E-state index in [1.807, 2.05) is 6.92 Å². The van der Waals surface area contributed by atoms with E-state index in [0.29, 0.717) is 17.3 Å². The maximum absolute atomic E-state index is 12.7. The van der Waals surface area contributed by atoms with Crippen LogP contribution in [0.2, 0.25) is 0 Å². The second-order valence-electron chi connectivity index (χ2n) is 9.23. The third-order valence-corrected chi connectivity index (χ3v) is 5.10. The zero-order valence-electron chi connectivity index (χ0n) is 19.2. The lowest BCUT2D eigenvalue weighted by atomic mass is 9.85. The summed E-state index contributed by atoms with van der Waals surface area (Å²) >= 11 is 0. The minimum absolute atomic E-state index is 0.0712. The molecular formula is C25H35N3O2. The molecule has 0 aliphatic heterocycles. The first-order valence-corrected chi connectivity index (χ1v) is 10.5. The minimum Gasteiger partial charge on any atom is -0.326 e. The summed E-state index contributed by atoms with van der Waals surface area (Å²) in [6, 6.07) is 15.5. The van der Waals surface area contributed by atoms with E-state index < -0.39 is 0 Å². The Hall–Kier alpha value is -2.66. The molecule has 0 radical (unpaired) electrons. The van der Waals surface area contributed by atoms with E-state index >= 15 is 0 Å². The average Bonchev–Trinajstić information content (AvgIpc) is 2.66. The highest BCUT2D eigenvalue weighted by Crippen LogP contribution is 2.27. The van der Waals surface area contributed by atoms with Crippen molar-refractivity contribution in [2.45, 2.75) is 66.0 Å². The van der Waals surface area contributed by atoms with Gasteiger partial charge >= 0.3 is 0 Å². The second kappa shape index (κ2) is 9.90. The lowest BCUT2D eigenvalue weighted by Gasteiger charge is -2.27. The Bertz CT molecular complexity index is 849. The summed E-state index contributed by atoms with van der Waals surface area (Å²) in [7, 11) is 0. The van der Waals surface area contributed by atoms with Crippen LogP contribution in [-0.4, -0.2) is 17.9 Å². The van der Waals surface area contributed by atoms with Crippen molar-refractivity contribution in [1.82, 2.24) is 5.32 Å². The Labute approximate surface area is 180 Å². The molecule has 30 heavy (non-hydrogen) atoms. The molecule has 0 aliphatic rings. The van der Waals surface area contributed by atoms with Crippen LogP contribution in [0.5, 0.6) is 0 Å². The van der Waals surface area contributed by atoms with Gasteiger partial charge in [0.1, 0.15) is 0 Å². The van der Waals surface area contributed by atoms with Gasteiger partial charge in [-0.1, -0.05) is 58.9 Å². The summed E-state index contributed by atoms with van der Waals surface area (Å²) in [5.74, 6) is 0.108. The van der Waals surface area contributed by atoms with Crippen LogP contribution in [0.25, 0.3) is 0 Å². The molecule has 0 saturated carbocycles. The number of carbonyl (C=O) groups excluding carboxylic acids is 2. The van der Waals surface area contributed by atoms with Gasteiger partial charge in [0.15, 0.2) is 0 Å². The van der Waals surface area contributed by atoms with Gasteiger partial charge in [-0.15, -0.1) is 0 Å². The van der Waals surface area contributed by atoms with Crippen molar-refractivity contribution in [1.29, 1.82) is 0 Å². The third-order valence-electron chi connectivity index (χ3n) is 5.10. The summed E-state index contributed by atoms with van der Waals surface area (Å²) in [4.78, 5) is 23.8. The molecule has 0 aliphatic carbocycles. The summed E-state index contributed by atoms with van der Waals surface area (Å²) in [6.07, 6.45) is 0. The molecule has 2 aromatic rings. The van der Waals surface area contributed by atoms with Gasteiger partial charge in [-0.25, -0.2) is 0 Å². The van der Waals surface area contributed by atoms with E-state index in [0.717, 1.165) is 0 Å². The second-order valence-corrected chi connectivity index (χ2v) is 9.23. The number of rotatable bonds is 7. The molecule has 0 unspecified atom stereocenters. The molecule has 0 spiro atoms. The lowest BCUT2D eigenvalue weighted by molar-refractivity contribution is -0.118. The summed E-state index contributed by atoms with van der Waals surface area (Å²) in [5.41, 5.74) is 3.98. The minimum atomic E-state index is -0.366. The predicted molar refractivity (Wildman–Crippen MR) is 125 cm³/mol. The van der Waals surface area contributed by atoms with Gasteiger partial charge in [0, 0.05) is 24.3 Å². The van der Waals surface area contributed by atoms with E-state index in [2.05, 4.69) is 74.8 Å². The highest BCUT2D eigenvalue weighted by molar-refractivity contribution is 5.95. The number of amides is 2. The first-order valence-electron chi connectivity index (χ1n) is 10.5. The molecule has 0 aromatic heterocycles. The standard InChI is InChI=1S/C25H35N3O2/c1-16(2)23(19-8-10-20(11-9-19)25(5,6)7)26-17(3)24(30)28-22-14-12-21(13-15-22)27-18(4)29/h8-17,23,26H,1-7H3,(H,27,29)(H,28,30)/t17-,23-/m1/s1. The molecule has 2 atom stereocenters. The summed E-state index contributed by atoms with van der Waals surface area (Å²) < 4.78 is 0. The Morgan fingerprint density at radius 1 is 0.800 bits per heavy atom. The molecule has 0 heterocycles. The molecular weight excluding hydrogens is 374 g/mol. The molecule has 3 N–H and O–H groups in total. The molecule has 162 valence electrons. The molecule has 0 bridgehead atoms. The molecule has 2 aromatic carbocycles. The van der Waals surface area contributed by atoms with Crippen LogP contribution < -0.4 is 16.0 Å². The van der Waals surface area contributed by atoms with Gasteiger partial charge in [-0.2, -0.15) is 0 Å². The van der Waals surface area contributed by atoms with Crippen molar-refractivity contribution in [3.05, 3.63) is 59.7 Å². The highest BCUT2D eigenvalue weighted by Gasteiger charge is 2.22. The van der Waals surface area contributed by atoms with Crippen molar-refractivity contribution in [2.75, 3.05) is 10.6 Å². The van der Waals surface area contributed by atoms with Crippen LogP contribution in [-0.2, 0) is 15.0 Å². The fourth-order valence-corrected chi connectivity index (χ4v) is 3.30. The van der Waals surface area contributed by atoms with Crippen LogP contribution >= 0.6 is 0 Å². The first kappa shape index (κ1) is 23.6. The van der Waals surface area contributed by atoms with Crippen molar-refractivity contribution in [2.24, 2.45) is 5.92 Å². The molecule has 0 saturated heterocycles. The summed E-state index contributed by atoms with van der Waals surface area (Å²) in [5, 5.41) is 9.13. The van der Waals surface area contributed by atoms with E-state index in [4.69, 9.17) is 0 Å². The lowest BCUT2D eigenvalue weighted by Crippen LogP contribution is -2.41. The SMILES string of the molecule is CC(=O)Nc1ccc(NC(=O)[C@@H](C)N[C@@H](c2ccc(C(C)(C)C)cc2)C(C)C)cc1. The van der Waals surface area contributed by atoms with Crippen LogP contribution in [0.4, 0.5) is 11.4 Å². The van der Waals surface area contributed by atoms with Gasteiger partial charge in [0.05, 0.1) is 6.04 Å². The maximum Gasteiger partial charge on any atom is 0.241 e. The van der Waals surface area contributed by atoms with Crippen LogP contribution in [0, 0.1) is 5.92 Å². The van der Waals surface area contributed by atoms with Crippen molar-refractivity contribution in [3.63, 3.8) is 0 Å². The molecule has 5 nitrogen and oxygen atoms in total. The summed E-state index contributed by atoms with van der Waals surface area (Å²) in [6.45, 7) is 14.3. The van der Waals surface area contributed by atoms with Crippen LogP contribution in [0.15, 0.2) is 48.5 Å². The van der Waals surface area contributed by atoms with E-state index in [1.165, 1.54) is 18.1 Å². The largest absolute Gasteiger partial charge is 0.326 e. The number of hydrogen-bond acceptors (Lipinski definition) is 3. The molecule has 2 rings (SSSR count).